The lowest BCUT2D eigenvalue weighted by Gasteiger charge is -2.18. The molecule has 0 spiro atoms. The molecule has 4 heterocycles. The molecule has 3 N–H and O–H groups in total. The Labute approximate surface area is 347 Å². The number of carbonyl (C=O) groups excluding carboxylic acids is 5. The lowest BCUT2D eigenvalue weighted by molar-refractivity contribution is -0.147. The minimum absolute atomic E-state index is 0.0113. The highest BCUT2D eigenvalue weighted by Crippen LogP contribution is 2.29. The largest absolute Gasteiger partial charge is 0.465 e. The van der Waals surface area contributed by atoms with Gasteiger partial charge in [-0.2, -0.15) is 0 Å². The van der Waals surface area contributed by atoms with E-state index in [9.17, 15) is 24.0 Å². The normalized spacial score (nSPS) is 12.2. The fourth-order valence-corrected chi connectivity index (χ4v) is 7.59. The lowest BCUT2D eigenvalue weighted by Crippen LogP contribution is -2.42. The maximum atomic E-state index is 12.8. The maximum absolute atomic E-state index is 12.8. The molecule has 0 saturated carbocycles. The third-order valence-corrected chi connectivity index (χ3v) is 11.7. The van der Waals surface area contributed by atoms with Crippen LogP contribution in [-0.2, 0) is 30.4 Å². The number of hydrogen-bond donors (Lipinski definition) is 2. The zero-order chi connectivity index (χ0) is 42.2. The van der Waals surface area contributed by atoms with Gasteiger partial charge in [0.2, 0.25) is 0 Å². The molecule has 5 rings (SSSR count). The Morgan fingerprint density at radius 2 is 1.17 bits per heavy atom. The highest BCUT2D eigenvalue weighted by atomic mass is 32.1. The highest BCUT2D eigenvalue weighted by molar-refractivity contribution is 7.21. The molecule has 0 unspecified atom stereocenters. The lowest BCUT2D eigenvalue weighted by atomic mass is 10.1. The molecule has 0 radical (unpaired) electrons. The van der Waals surface area contributed by atoms with Gasteiger partial charge in [-0.3, -0.25) is 24.4 Å². The van der Waals surface area contributed by atoms with Crippen molar-refractivity contribution in [1.82, 2.24) is 15.3 Å². The molecule has 14 heteroatoms. The Morgan fingerprint density at radius 3 is 1.67 bits per heavy atom. The standard InChI is InChI=1S/C26H30N2O5S.C18H24N2O3S/c1-17(2)12-14-32-25(30)20(28-26(31)33-16-19-7-5-4-6-8-19)9-10-22(29)23-15-21-24(34-23)18(3)11-13-27-21;1-11(2)7-9-23-18(22)13(19)4-5-15(21)16-10-14-17(24-16)12(3)6-8-20-14/h4-8,11,13,15,17,20H,9-10,12,14,16H2,1-3H3,(H,28,31);6,8,10-11,13H,4-5,7,9,19H2,1-3H3/t20-;13-/m11/s1. The first kappa shape index (κ1) is 45.6. The second-order valence-electron chi connectivity index (χ2n) is 14.9. The van der Waals surface area contributed by atoms with Gasteiger partial charge in [0.25, 0.3) is 0 Å². The Morgan fingerprint density at radius 1 is 0.672 bits per heavy atom. The Bertz CT molecular complexity index is 2150. The van der Waals surface area contributed by atoms with Crippen molar-refractivity contribution in [3.63, 3.8) is 0 Å². The fourth-order valence-electron chi connectivity index (χ4n) is 5.48. The number of hydrogen-bond acceptors (Lipinski definition) is 13. The predicted octanol–water partition coefficient (Wildman–Crippen LogP) is 8.94. The highest BCUT2D eigenvalue weighted by Gasteiger charge is 2.25. The average molecular weight is 831 g/mol. The summed E-state index contributed by atoms with van der Waals surface area (Å²) in [7, 11) is 0. The van der Waals surface area contributed by atoms with E-state index in [1.807, 2.05) is 76.2 Å². The van der Waals surface area contributed by atoms with Gasteiger partial charge >= 0.3 is 18.0 Å². The molecule has 4 aromatic heterocycles. The summed E-state index contributed by atoms with van der Waals surface area (Å²) in [6.45, 7) is 12.9. The van der Waals surface area contributed by atoms with Gasteiger partial charge in [-0.15, -0.1) is 22.7 Å². The first-order chi connectivity index (χ1) is 27.7. The molecule has 5 aromatic rings. The van der Waals surface area contributed by atoms with E-state index in [1.165, 1.54) is 22.7 Å². The molecule has 0 aliphatic rings. The van der Waals surface area contributed by atoms with Gasteiger partial charge in [0.05, 0.1) is 43.4 Å². The van der Waals surface area contributed by atoms with E-state index in [0.29, 0.717) is 41.0 Å². The number of aromatic nitrogens is 2. The number of pyridine rings is 2. The van der Waals surface area contributed by atoms with E-state index in [4.69, 9.17) is 19.9 Å². The maximum Gasteiger partial charge on any atom is 0.408 e. The zero-order valence-electron chi connectivity index (χ0n) is 34.1. The monoisotopic (exact) mass is 830 g/mol. The summed E-state index contributed by atoms with van der Waals surface area (Å²) in [6.07, 6.45) is 4.95. The van der Waals surface area contributed by atoms with Gasteiger partial charge in [0, 0.05) is 25.2 Å². The SMILES string of the molecule is Cc1ccnc2cc(C(=O)CC[C@@H](N)C(=O)OCCC(C)C)sc12.Cc1ccnc2cc(C(=O)CC[C@@H](NC(=O)OCc3ccccc3)C(=O)OCCC(C)C)sc12. The molecule has 310 valence electrons. The van der Waals surface area contributed by atoms with Crippen LogP contribution in [0.5, 0.6) is 0 Å². The molecule has 12 nitrogen and oxygen atoms in total. The van der Waals surface area contributed by atoms with Crippen LogP contribution in [0.15, 0.2) is 67.0 Å². The number of nitrogens with zero attached hydrogens (tertiary/aromatic N) is 2. The van der Waals surface area contributed by atoms with Crippen LogP contribution in [0.3, 0.4) is 0 Å². The van der Waals surface area contributed by atoms with E-state index in [0.717, 1.165) is 43.5 Å². The summed E-state index contributed by atoms with van der Waals surface area (Å²) in [5.41, 5.74) is 10.4. The third-order valence-electron chi connectivity index (χ3n) is 9.08. The number of thiophene rings is 2. The minimum atomic E-state index is -0.978. The zero-order valence-corrected chi connectivity index (χ0v) is 35.7. The number of nitrogens with one attached hydrogen (secondary N) is 1. The number of alkyl carbamates (subject to hydrolysis) is 1. The summed E-state index contributed by atoms with van der Waals surface area (Å²) in [5, 5.41) is 2.57. The van der Waals surface area contributed by atoms with Crippen molar-refractivity contribution in [2.24, 2.45) is 17.6 Å². The van der Waals surface area contributed by atoms with Crippen molar-refractivity contribution < 1.29 is 38.2 Å². The van der Waals surface area contributed by atoms with Crippen LogP contribution in [0.25, 0.3) is 20.4 Å². The molecule has 0 bridgehead atoms. The van der Waals surface area contributed by atoms with Crippen LogP contribution in [0, 0.1) is 25.7 Å². The van der Waals surface area contributed by atoms with Crippen molar-refractivity contribution in [2.75, 3.05) is 13.2 Å². The summed E-state index contributed by atoms with van der Waals surface area (Å²) < 4.78 is 17.7. The van der Waals surface area contributed by atoms with Crippen LogP contribution in [0.4, 0.5) is 4.79 Å². The smallest absolute Gasteiger partial charge is 0.408 e. The first-order valence-electron chi connectivity index (χ1n) is 19.5. The second-order valence-corrected chi connectivity index (χ2v) is 17.0. The number of ether oxygens (including phenoxy) is 3. The topological polar surface area (TPSA) is 177 Å². The van der Waals surface area contributed by atoms with E-state index in [-0.39, 0.29) is 44.0 Å². The van der Waals surface area contributed by atoms with Crippen LogP contribution in [0.2, 0.25) is 0 Å². The summed E-state index contributed by atoms with van der Waals surface area (Å²) in [5.74, 6) is -0.275. The van der Waals surface area contributed by atoms with Gasteiger partial charge in [-0.25, -0.2) is 9.59 Å². The van der Waals surface area contributed by atoms with Crippen LogP contribution < -0.4 is 11.1 Å². The molecular formula is C44H54N4O8S2. The van der Waals surface area contributed by atoms with E-state index in [1.54, 1.807) is 18.5 Å². The van der Waals surface area contributed by atoms with Gasteiger partial charge in [-0.05, 0) is 92.3 Å². The summed E-state index contributed by atoms with van der Waals surface area (Å²) >= 11 is 2.83. The molecule has 2 atom stereocenters. The molecule has 1 amide bonds. The number of ketones is 2. The van der Waals surface area contributed by atoms with Gasteiger partial charge in [-0.1, -0.05) is 58.0 Å². The van der Waals surface area contributed by atoms with Crippen molar-refractivity contribution >= 4 is 72.7 Å². The number of rotatable bonds is 19. The van der Waals surface area contributed by atoms with Crippen LogP contribution >= 0.6 is 22.7 Å². The van der Waals surface area contributed by atoms with Gasteiger partial charge < -0.3 is 25.3 Å². The quantitative estimate of drug-likeness (QED) is 0.0461. The fraction of sp³-hybridized carbons (Fsp3) is 0.432. The van der Waals surface area contributed by atoms with Crippen LogP contribution in [0.1, 0.15) is 102 Å². The third kappa shape index (κ3) is 14.4. The second kappa shape index (κ2) is 22.8. The number of carbonyl (C=O) groups is 5. The van der Waals surface area contributed by atoms with Crippen molar-refractivity contribution in [3.05, 3.63) is 93.4 Å². The number of fused-ring (bicyclic) bond motifs is 2. The summed E-state index contributed by atoms with van der Waals surface area (Å²) in [4.78, 5) is 71.8. The predicted molar refractivity (Wildman–Crippen MR) is 228 cm³/mol. The number of amides is 1. The number of nitrogens with two attached hydrogens (primary N) is 1. The van der Waals surface area contributed by atoms with E-state index >= 15 is 0 Å². The van der Waals surface area contributed by atoms with Crippen LogP contribution in [-0.4, -0.2) is 64.9 Å². The molecule has 0 aliphatic carbocycles. The summed E-state index contributed by atoms with van der Waals surface area (Å²) in [6, 6.07) is 14.9. The van der Waals surface area contributed by atoms with Crippen molar-refractivity contribution in [3.8, 4) is 0 Å². The Kier molecular flexibility index (Phi) is 17.9. The number of benzene rings is 1. The van der Waals surface area contributed by atoms with Gasteiger partial charge in [0.15, 0.2) is 11.6 Å². The molecule has 0 fully saturated rings. The molecular weight excluding hydrogens is 777 g/mol. The molecule has 0 saturated heterocycles. The first-order valence-corrected chi connectivity index (χ1v) is 21.2. The van der Waals surface area contributed by atoms with Crippen molar-refractivity contribution in [1.29, 1.82) is 0 Å². The Balaban J connectivity index is 0.000000273. The Hall–Kier alpha value is -5.05. The minimum Gasteiger partial charge on any atom is -0.465 e. The molecule has 58 heavy (non-hydrogen) atoms. The van der Waals surface area contributed by atoms with Crippen molar-refractivity contribution in [2.45, 2.75) is 98.8 Å². The number of Topliss-reactive ketones (excluding diaryl/α,β-unsaturated/α-hetero) is 2. The number of aryl methyl sites for hydroxylation is 2. The number of esters is 2. The molecule has 1 aromatic carbocycles. The average Bonchev–Trinajstić information content (AvgIpc) is 3.85. The molecule has 0 aliphatic heterocycles. The van der Waals surface area contributed by atoms with E-state index < -0.39 is 30.1 Å². The van der Waals surface area contributed by atoms with Gasteiger partial charge in [0.1, 0.15) is 18.7 Å². The van der Waals surface area contributed by atoms with E-state index in [2.05, 4.69) is 29.1 Å².